The van der Waals surface area contributed by atoms with Crippen molar-refractivity contribution in [3.8, 4) is 0 Å². The van der Waals surface area contributed by atoms with Crippen LogP contribution in [0.15, 0.2) is 18.2 Å². The molecule has 23 heavy (non-hydrogen) atoms. The van der Waals surface area contributed by atoms with Crippen LogP contribution in [0.2, 0.25) is 10.0 Å². The maximum atomic E-state index is 12.3. The Labute approximate surface area is 155 Å². The number of halogens is 4. The normalized spacial score (nSPS) is 18.4. The molecule has 126 valence electrons. The first-order valence-electron chi connectivity index (χ1n) is 7.16. The minimum Gasteiger partial charge on any atom is -0.333 e. The first kappa shape index (κ1) is 18.7. The SMILES string of the molecule is CCCN(CC(=O)Nc1cc(Cl)ccc1Cl)C(=O)C1CC1(Cl)Cl. The van der Waals surface area contributed by atoms with E-state index in [-0.39, 0.29) is 18.4 Å². The number of anilines is 1. The van der Waals surface area contributed by atoms with Crippen LogP contribution in [0.5, 0.6) is 0 Å². The lowest BCUT2D eigenvalue weighted by atomic mass is 10.3. The molecule has 1 aromatic rings. The van der Waals surface area contributed by atoms with Gasteiger partial charge in [0.2, 0.25) is 11.8 Å². The Kier molecular flexibility index (Phi) is 6.06. The summed E-state index contributed by atoms with van der Waals surface area (Å²) in [7, 11) is 0. The van der Waals surface area contributed by atoms with Gasteiger partial charge >= 0.3 is 0 Å². The number of amides is 2. The fraction of sp³-hybridized carbons (Fsp3) is 0.467. The number of nitrogens with zero attached hydrogens (tertiary/aromatic N) is 1. The monoisotopic (exact) mass is 396 g/mol. The predicted octanol–water partition coefficient (Wildman–Crippen LogP) is 4.36. The molecule has 0 heterocycles. The van der Waals surface area contributed by atoms with Crippen LogP contribution >= 0.6 is 46.4 Å². The fourth-order valence-corrected chi connectivity index (χ4v) is 3.03. The zero-order valence-electron chi connectivity index (χ0n) is 12.4. The Balaban J connectivity index is 2.00. The summed E-state index contributed by atoms with van der Waals surface area (Å²) in [6, 6.07) is 4.77. The van der Waals surface area contributed by atoms with Gasteiger partial charge in [-0.05, 0) is 31.0 Å². The summed E-state index contributed by atoms with van der Waals surface area (Å²) >= 11 is 23.8. The Morgan fingerprint density at radius 3 is 2.57 bits per heavy atom. The lowest BCUT2D eigenvalue weighted by Gasteiger charge is -2.22. The molecule has 0 saturated heterocycles. The summed E-state index contributed by atoms with van der Waals surface area (Å²) < 4.78 is -1.00. The Hall–Kier alpha value is -0.680. The summed E-state index contributed by atoms with van der Waals surface area (Å²) in [5.41, 5.74) is 0.406. The summed E-state index contributed by atoms with van der Waals surface area (Å²) in [4.78, 5) is 26.0. The van der Waals surface area contributed by atoms with Crippen molar-refractivity contribution in [3.05, 3.63) is 28.2 Å². The summed E-state index contributed by atoms with van der Waals surface area (Å²) in [6.45, 7) is 2.29. The van der Waals surface area contributed by atoms with Crippen LogP contribution in [0.3, 0.4) is 0 Å². The second kappa shape index (κ2) is 7.47. The minimum absolute atomic E-state index is 0.0874. The molecule has 0 aromatic heterocycles. The molecular weight excluding hydrogens is 382 g/mol. The molecule has 0 aliphatic heterocycles. The second-order valence-corrected chi connectivity index (χ2v) is 7.84. The van der Waals surface area contributed by atoms with E-state index in [1.807, 2.05) is 6.92 Å². The molecule has 4 nitrogen and oxygen atoms in total. The Bertz CT molecular complexity index is 621. The molecule has 1 atom stereocenters. The van der Waals surface area contributed by atoms with Crippen LogP contribution in [-0.4, -0.2) is 34.1 Å². The van der Waals surface area contributed by atoms with Gasteiger partial charge in [0.1, 0.15) is 4.33 Å². The van der Waals surface area contributed by atoms with Crippen LogP contribution in [0.25, 0.3) is 0 Å². The third-order valence-electron chi connectivity index (χ3n) is 3.47. The summed E-state index contributed by atoms with van der Waals surface area (Å²) in [5.74, 6) is -1.00. The van der Waals surface area contributed by atoms with E-state index >= 15 is 0 Å². The third-order valence-corrected chi connectivity index (χ3v) is 4.87. The molecule has 1 aliphatic carbocycles. The predicted molar refractivity (Wildman–Crippen MR) is 94.5 cm³/mol. The highest BCUT2D eigenvalue weighted by Crippen LogP contribution is 2.53. The highest BCUT2D eigenvalue weighted by Gasteiger charge is 2.57. The van der Waals surface area contributed by atoms with Crippen LogP contribution in [0, 0.1) is 5.92 Å². The van der Waals surface area contributed by atoms with E-state index in [2.05, 4.69) is 5.32 Å². The molecule has 0 radical (unpaired) electrons. The zero-order chi connectivity index (χ0) is 17.2. The first-order valence-corrected chi connectivity index (χ1v) is 8.67. The number of alkyl halides is 2. The van der Waals surface area contributed by atoms with Crippen molar-refractivity contribution >= 4 is 63.9 Å². The molecule has 1 saturated carbocycles. The van der Waals surface area contributed by atoms with Gasteiger partial charge in [-0.3, -0.25) is 9.59 Å². The lowest BCUT2D eigenvalue weighted by molar-refractivity contribution is -0.135. The van der Waals surface area contributed by atoms with Crippen LogP contribution in [0.4, 0.5) is 5.69 Å². The van der Waals surface area contributed by atoms with Gasteiger partial charge in [0.25, 0.3) is 0 Å². The van der Waals surface area contributed by atoms with Crippen LogP contribution < -0.4 is 5.32 Å². The second-order valence-electron chi connectivity index (χ2n) is 5.45. The van der Waals surface area contributed by atoms with Crippen molar-refractivity contribution in [1.82, 2.24) is 4.90 Å². The third kappa shape index (κ3) is 4.90. The molecule has 1 aliphatic rings. The van der Waals surface area contributed by atoms with Crippen LogP contribution in [0.1, 0.15) is 19.8 Å². The van der Waals surface area contributed by atoms with Crippen molar-refractivity contribution in [2.24, 2.45) is 5.92 Å². The summed E-state index contributed by atoms with van der Waals surface area (Å²) in [5, 5.41) is 3.49. The molecule has 1 unspecified atom stereocenters. The highest BCUT2D eigenvalue weighted by molar-refractivity contribution is 6.52. The molecule has 2 rings (SSSR count). The van der Waals surface area contributed by atoms with E-state index < -0.39 is 10.3 Å². The largest absolute Gasteiger partial charge is 0.333 e. The molecule has 1 N–H and O–H groups in total. The van der Waals surface area contributed by atoms with Crippen molar-refractivity contribution in [2.45, 2.75) is 24.1 Å². The van der Waals surface area contributed by atoms with E-state index in [0.29, 0.717) is 28.7 Å². The van der Waals surface area contributed by atoms with E-state index in [1.165, 1.54) is 4.90 Å². The fourth-order valence-electron chi connectivity index (χ4n) is 2.20. The zero-order valence-corrected chi connectivity index (χ0v) is 15.4. The molecule has 1 fully saturated rings. The number of carbonyl (C=O) groups is 2. The van der Waals surface area contributed by atoms with Gasteiger partial charge in [0.15, 0.2) is 0 Å². The van der Waals surface area contributed by atoms with Gasteiger partial charge in [0, 0.05) is 11.6 Å². The molecule has 0 bridgehead atoms. The number of carbonyl (C=O) groups excluding carboxylic acids is 2. The van der Waals surface area contributed by atoms with Gasteiger partial charge in [-0.15, -0.1) is 23.2 Å². The lowest BCUT2D eigenvalue weighted by Crippen LogP contribution is -2.40. The van der Waals surface area contributed by atoms with Gasteiger partial charge in [-0.25, -0.2) is 0 Å². The van der Waals surface area contributed by atoms with Gasteiger partial charge in [0.05, 0.1) is 23.2 Å². The van der Waals surface area contributed by atoms with E-state index in [4.69, 9.17) is 46.4 Å². The van der Waals surface area contributed by atoms with Crippen molar-refractivity contribution in [1.29, 1.82) is 0 Å². The molecule has 8 heteroatoms. The Morgan fingerprint density at radius 1 is 1.35 bits per heavy atom. The number of hydrogen-bond acceptors (Lipinski definition) is 2. The van der Waals surface area contributed by atoms with Gasteiger partial charge in [-0.1, -0.05) is 30.1 Å². The molecule has 0 spiro atoms. The van der Waals surface area contributed by atoms with E-state index in [1.54, 1.807) is 18.2 Å². The maximum absolute atomic E-state index is 12.3. The van der Waals surface area contributed by atoms with Crippen molar-refractivity contribution < 1.29 is 9.59 Å². The average Bonchev–Trinajstić information content (AvgIpc) is 3.10. The smallest absolute Gasteiger partial charge is 0.244 e. The van der Waals surface area contributed by atoms with Gasteiger partial charge < -0.3 is 10.2 Å². The van der Waals surface area contributed by atoms with Crippen molar-refractivity contribution in [2.75, 3.05) is 18.4 Å². The molecular formula is C15H16Cl4N2O2. The van der Waals surface area contributed by atoms with E-state index in [0.717, 1.165) is 6.42 Å². The highest BCUT2D eigenvalue weighted by atomic mass is 35.5. The first-order chi connectivity index (χ1) is 10.7. The number of rotatable bonds is 6. The summed E-state index contributed by atoms with van der Waals surface area (Å²) in [6.07, 6.45) is 1.14. The number of hydrogen-bond donors (Lipinski definition) is 1. The van der Waals surface area contributed by atoms with Gasteiger partial charge in [-0.2, -0.15) is 0 Å². The number of benzene rings is 1. The maximum Gasteiger partial charge on any atom is 0.244 e. The Morgan fingerprint density at radius 2 is 2.00 bits per heavy atom. The van der Waals surface area contributed by atoms with Crippen molar-refractivity contribution in [3.63, 3.8) is 0 Å². The molecule has 1 aromatic carbocycles. The standard InChI is InChI=1S/C15H16Cl4N2O2/c1-2-5-21(14(23)10-7-15(10,18)19)8-13(22)20-12-6-9(16)3-4-11(12)17/h3-4,6,10H,2,5,7-8H2,1H3,(H,20,22). The molecule has 2 amide bonds. The number of nitrogens with one attached hydrogen (secondary N) is 1. The van der Waals surface area contributed by atoms with Crippen LogP contribution in [-0.2, 0) is 9.59 Å². The minimum atomic E-state index is -1.00. The quantitative estimate of drug-likeness (QED) is 0.724. The van der Waals surface area contributed by atoms with E-state index in [9.17, 15) is 9.59 Å². The average molecular weight is 398 g/mol. The topological polar surface area (TPSA) is 49.4 Å².